The summed E-state index contributed by atoms with van der Waals surface area (Å²) in [4.78, 5) is 16.2. The summed E-state index contributed by atoms with van der Waals surface area (Å²) in [6, 6.07) is 1.92. The molecule has 0 aliphatic heterocycles. The molecular formula is C12H18N4O2. The molecule has 0 spiro atoms. The first-order valence-electron chi connectivity index (χ1n) is 5.91. The fourth-order valence-corrected chi connectivity index (χ4v) is 2.00. The first-order chi connectivity index (χ1) is 8.63. The van der Waals surface area contributed by atoms with Gasteiger partial charge in [-0.25, -0.2) is 0 Å². The molecule has 6 nitrogen and oxygen atoms in total. The van der Waals surface area contributed by atoms with Crippen molar-refractivity contribution in [1.82, 2.24) is 10.3 Å². The second-order valence-electron chi connectivity index (χ2n) is 4.52. The molecule has 0 unspecified atom stereocenters. The standard InChI is InChI=1S/C12H18N4O2/c1-7-3-11(16-13)10(6-14-7)12(17)15-8-4-9(5-8)18-2/h3,6,8-9H,4-5,13H2,1-2H3,(H,14,16)(H,15,17). The molecule has 1 heterocycles. The largest absolute Gasteiger partial charge is 0.381 e. The Kier molecular flexibility index (Phi) is 3.78. The van der Waals surface area contributed by atoms with Crippen LogP contribution in [0.15, 0.2) is 12.3 Å². The van der Waals surface area contributed by atoms with Gasteiger partial charge in [0, 0.05) is 25.0 Å². The zero-order valence-electron chi connectivity index (χ0n) is 10.6. The van der Waals surface area contributed by atoms with Crippen molar-refractivity contribution in [2.75, 3.05) is 12.5 Å². The molecule has 1 aromatic heterocycles. The van der Waals surface area contributed by atoms with E-state index in [4.69, 9.17) is 10.6 Å². The van der Waals surface area contributed by atoms with Gasteiger partial charge < -0.3 is 15.5 Å². The second-order valence-corrected chi connectivity index (χ2v) is 4.52. The van der Waals surface area contributed by atoms with Gasteiger partial charge in [0.05, 0.1) is 17.4 Å². The van der Waals surface area contributed by atoms with Crippen LogP contribution in [0.5, 0.6) is 0 Å². The normalized spacial score (nSPS) is 22.2. The molecule has 1 aromatic rings. The summed E-state index contributed by atoms with van der Waals surface area (Å²) in [5.41, 5.74) is 4.38. The van der Waals surface area contributed by atoms with Gasteiger partial charge in [0.25, 0.3) is 5.91 Å². The van der Waals surface area contributed by atoms with E-state index in [9.17, 15) is 4.79 Å². The minimum atomic E-state index is -0.157. The summed E-state index contributed by atoms with van der Waals surface area (Å²) < 4.78 is 5.17. The molecular weight excluding hydrogens is 232 g/mol. The summed E-state index contributed by atoms with van der Waals surface area (Å²) in [7, 11) is 1.68. The van der Waals surface area contributed by atoms with Gasteiger partial charge in [-0.3, -0.25) is 15.6 Å². The minimum absolute atomic E-state index is 0.157. The van der Waals surface area contributed by atoms with Crippen molar-refractivity contribution in [2.24, 2.45) is 5.84 Å². The number of methoxy groups -OCH3 is 1. The molecule has 0 saturated heterocycles. The van der Waals surface area contributed by atoms with Crippen LogP contribution in [-0.4, -0.2) is 30.1 Å². The lowest BCUT2D eigenvalue weighted by molar-refractivity contribution is 0.0176. The predicted octanol–water partition coefficient (Wildman–Crippen LogP) is 0.583. The first-order valence-corrected chi connectivity index (χ1v) is 5.91. The second kappa shape index (κ2) is 5.32. The van der Waals surface area contributed by atoms with Gasteiger partial charge in [0.1, 0.15) is 0 Å². The average Bonchev–Trinajstić information content (AvgIpc) is 2.32. The number of hydrogen-bond acceptors (Lipinski definition) is 5. The highest BCUT2D eigenvalue weighted by Gasteiger charge is 2.30. The lowest BCUT2D eigenvalue weighted by atomic mass is 9.89. The molecule has 4 N–H and O–H groups in total. The van der Waals surface area contributed by atoms with Crippen LogP contribution in [-0.2, 0) is 4.74 Å². The van der Waals surface area contributed by atoms with Crippen LogP contribution in [0, 0.1) is 6.92 Å². The Labute approximate surface area is 106 Å². The molecule has 1 amide bonds. The van der Waals surface area contributed by atoms with Crippen LogP contribution in [0.2, 0.25) is 0 Å². The zero-order chi connectivity index (χ0) is 13.1. The maximum atomic E-state index is 12.0. The Morgan fingerprint density at radius 3 is 2.89 bits per heavy atom. The van der Waals surface area contributed by atoms with Crippen molar-refractivity contribution >= 4 is 11.6 Å². The molecule has 1 aliphatic carbocycles. The van der Waals surface area contributed by atoms with E-state index in [0.29, 0.717) is 11.3 Å². The molecule has 1 aliphatic rings. The van der Waals surface area contributed by atoms with E-state index in [1.165, 1.54) is 6.20 Å². The van der Waals surface area contributed by atoms with Crippen LogP contribution >= 0.6 is 0 Å². The molecule has 18 heavy (non-hydrogen) atoms. The molecule has 1 saturated carbocycles. The lowest BCUT2D eigenvalue weighted by Gasteiger charge is -2.34. The number of hydrazine groups is 1. The number of nitrogens with two attached hydrogens (primary N) is 1. The van der Waals surface area contributed by atoms with E-state index >= 15 is 0 Å². The highest BCUT2D eigenvalue weighted by Crippen LogP contribution is 2.23. The number of nitrogens with zero attached hydrogens (tertiary/aromatic N) is 1. The molecule has 2 rings (SSSR count). The number of carbonyl (C=O) groups excluding carboxylic acids is 1. The van der Waals surface area contributed by atoms with E-state index < -0.39 is 0 Å². The maximum absolute atomic E-state index is 12.0. The fraction of sp³-hybridized carbons (Fsp3) is 0.500. The van der Waals surface area contributed by atoms with Crippen LogP contribution in [0.1, 0.15) is 28.9 Å². The van der Waals surface area contributed by atoms with Gasteiger partial charge in [-0.2, -0.15) is 0 Å². The van der Waals surface area contributed by atoms with Crippen molar-refractivity contribution in [3.63, 3.8) is 0 Å². The SMILES string of the molecule is COC1CC(NC(=O)c2cnc(C)cc2NN)C1. The van der Waals surface area contributed by atoms with Crippen LogP contribution in [0.4, 0.5) is 5.69 Å². The summed E-state index contributed by atoms with van der Waals surface area (Å²) in [5, 5.41) is 2.94. The molecule has 0 radical (unpaired) electrons. The minimum Gasteiger partial charge on any atom is -0.381 e. The highest BCUT2D eigenvalue weighted by atomic mass is 16.5. The number of aromatic nitrogens is 1. The summed E-state index contributed by atoms with van der Waals surface area (Å²) in [5.74, 6) is 5.24. The van der Waals surface area contributed by atoms with Gasteiger partial charge in [0.2, 0.25) is 0 Å². The van der Waals surface area contributed by atoms with E-state index in [1.807, 2.05) is 6.92 Å². The number of pyridine rings is 1. The van der Waals surface area contributed by atoms with Crippen molar-refractivity contribution in [3.05, 3.63) is 23.5 Å². The number of nitrogen functional groups attached to an aromatic ring is 1. The van der Waals surface area contributed by atoms with Crippen LogP contribution in [0.25, 0.3) is 0 Å². The first kappa shape index (κ1) is 12.8. The Balaban J connectivity index is 2.01. The van der Waals surface area contributed by atoms with E-state index in [-0.39, 0.29) is 18.1 Å². The number of ether oxygens (including phenoxy) is 1. The third kappa shape index (κ3) is 2.60. The zero-order valence-corrected chi connectivity index (χ0v) is 10.6. The molecule has 1 fully saturated rings. The predicted molar refractivity (Wildman–Crippen MR) is 68.1 cm³/mol. The number of carbonyl (C=O) groups is 1. The lowest BCUT2D eigenvalue weighted by Crippen LogP contribution is -2.47. The molecule has 0 bridgehead atoms. The van der Waals surface area contributed by atoms with E-state index in [2.05, 4.69) is 15.7 Å². The molecule has 98 valence electrons. The fourth-order valence-electron chi connectivity index (χ4n) is 2.00. The number of amides is 1. The van der Waals surface area contributed by atoms with Gasteiger partial charge in [0.15, 0.2) is 0 Å². The number of nitrogens with one attached hydrogen (secondary N) is 2. The van der Waals surface area contributed by atoms with E-state index in [0.717, 1.165) is 18.5 Å². The average molecular weight is 250 g/mol. The van der Waals surface area contributed by atoms with Crippen molar-refractivity contribution in [2.45, 2.75) is 31.9 Å². The number of anilines is 1. The summed E-state index contributed by atoms with van der Waals surface area (Å²) in [6.07, 6.45) is 3.50. The Bertz CT molecular complexity index is 444. The van der Waals surface area contributed by atoms with Gasteiger partial charge in [-0.15, -0.1) is 0 Å². The maximum Gasteiger partial charge on any atom is 0.255 e. The Hall–Kier alpha value is -1.66. The number of aryl methyl sites for hydroxylation is 1. The van der Waals surface area contributed by atoms with Gasteiger partial charge >= 0.3 is 0 Å². The van der Waals surface area contributed by atoms with Crippen LogP contribution in [0.3, 0.4) is 0 Å². The Morgan fingerprint density at radius 1 is 1.56 bits per heavy atom. The van der Waals surface area contributed by atoms with Gasteiger partial charge in [-0.05, 0) is 25.8 Å². The van der Waals surface area contributed by atoms with E-state index in [1.54, 1.807) is 13.2 Å². The smallest absolute Gasteiger partial charge is 0.255 e. The summed E-state index contributed by atoms with van der Waals surface area (Å²) in [6.45, 7) is 1.84. The molecule has 6 heteroatoms. The number of hydrogen-bond donors (Lipinski definition) is 3. The topological polar surface area (TPSA) is 89.3 Å². The number of rotatable bonds is 4. The van der Waals surface area contributed by atoms with Crippen LogP contribution < -0.4 is 16.6 Å². The highest BCUT2D eigenvalue weighted by molar-refractivity contribution is 5.99. The van der Waals surface area contributed by atoms with Crippen molar-refractivity contribution in [3.8, 4) is 0 Å². The Morgan fingerprint density at radius 2 is 2.28 bits per heavy atom. The third-order valence-corrected chi connectivity index (χ3v) is 3.20. The summed E-state index contributed by atoms with van der Waals surface area (Å²) >= 11 is 0. The quantitative estimate of drug-likeness (QED) is 0.537. The monoisotopic (exact) mass is 250 g/mol. The van der Waals surface area contributed by atoms with Gasteiger partial charge in [-0.1, -0.05) is 0 Å². The van der Waals surface area contributed by atoms with Crippen molar-refractivity contribution in [1.29, 1.82) is 0 Å². The van der Waals surface area contributed by atoms with Crippen molar-refractivity contribution < 1.29 is 9.53 Å². The molecule has 0 aromatic carbocycles. The third-order valence-electron chi connectivity index (χ3n) is 3.20. The molecule has 0 atom stereocenters.